The maximum Gasteiger partial charge on any atom is 0.173 e. The van der Waals surface area contributed by atoms with Crippen LogP contribution in [0.15, 0.2) is 15.0 Å². The van der Waals surface area contributed by atoms with E-state index in [-0.39, 0.29) is 21.7 Å². The summed E-state index contributed by atoms with van der Waals surface area (Å²) < 4.78 is 22.8. The second-order valence-corrected chi connectivity index (χ2v) is 6.83. The monoisotopic (exact) mass is 358 g/mol. The lowest BCUT2D eigenvalue weighted by Crippen LogP contribution is -2.01. The zero-order valence-corrected chi connectivity index (χ0v) is 11.6. The van der Waals surface area contributed by atoms with Gasteiger partial charge in [0.25, 0.3) is 0 Å². The minimum atomic E-state index is -3.19. The quantitative estimate of drug-likeness (QED) is 0.793. The SMILES string of the molecule is CS(=O)(=O)Cc1cc(O)c(O)c(Br)c1Br. The van der Waals surface area contributed by atoms with Crippen molar-refractivity contribution in [1.29, 1.82) is 0 Å². The fourth-order valence-electron chi connectivity index (χ4n) is 1.04. The molecule has 84 valence electrons. The summed E-state index contributed by atoms with van der Waals surface area (Å²) in [5.74, 6) is -0.886. The predicted octanol–water partition coefficient (Wildman–Crippen LogP) is 2.17. The Morgan fingerprint density at radius 3 is 2.27 bits per heavy atom. The van der Waals surface area contributed by atoms with Crippen LogP contribution in [0.5, 0.6) is 11.5 Å². The number of hydrogen-bond donors (Lipinski definition) is 2. The normalized spacial score (nSPS) is 11.7. The fraction of sp³-hybridized carbons (Fsp3) is 0.250. The van der Waals surface area contributed by atoms with Gasteiger partial charge in [-0.05, 0) is 43.5 Å². The van der Waals surface area contributed by atoms with Gasteiger partial charge in [0.1, 0.15) is 0 Å². The van der Waals surface area contributed by atoms with Gasteiger partial charge in [-0.15, -0.1) is 0 Å². The Labute approximate surface area is 104 Å². The molecule has 0 saturated heterocycles. The maximum atomic E-state index is 11.1. The third-order valence-electron chi connectivity index (χ3n) is 1.65. The molecule has 0 bridgehead atoms. The van der Waals surface area contributed by atoms with Crippen LogP contribution in [0.2, 0.25) is 0 Å². The predicted molar refractivity (Wildman–Crippen MR) is 63.7 cm³/mol. The Morgan fingerprint density at radius 2 is 1.80 bits per heavy atom. The van der Waals surface area contributed by atoms with Crippen LogP contribution in [-0.4, -0.2) is 24.9 Å². The van der Waals surface area contributed by atoms with Crippen LogP contribution in [0.3, 0.4) is 0 Å². The largest absolute Gasteiger partial charge is 0.504 e. The molecule has 1 aromatic carbocycles. The summed E-state index contributed by atoms with van der Waals surface area (Å²) in [6, 6.07) is 1.21. The van der Waals surface area contributed by atoms with Crippen molar-refractivity contribution in [1.82, 2.24) is 0 Å². The molecule has 0 radical (unpaired) electrons. The smallest absolute Gasteiger partial charge is 0.173 e. The van der Waals surface area contributed by atoms with Crippen LogP contribution in [-0.2, 0) is 15.6 Å². The molecule has 0 fully saturated rings. The van der Waals surface area contributed by atoms with E-state index in [9.17, 15) is 18.6 Å². The molecule has 0 unspecified atom stereocenters. The summed E-state index contributed by atoms with van der Waals surface area (Å²) in [6.45, 7) is 0. The maximum absolute atomic E-state index is 11.1. The number of phenols is 2. The summed E-state index contributed by atoms with van der Waals surface area (Å²) in [7, 11) is -3.19. The third-order valence-corrected chi connectivity index (χ3v) is 4.70. The summed E-state index contributed by atoms with van der Waals surface area (Å²) in [4.78, 5) is 0. The Bertz CT molecular complexity index is 496. The Balaban J connectivity index is 3.33. The molecule has 1 aromatic rings. The van der Waals surface area contributed by atoms with Gasteiger partial charge in [0.2, 0.25) is 0 Å². The number of hydrogen-bond acceptors (Lipinski definition) is 4. The first-order chi connectivity index (χ1) is 6.72. The van der Waals surface area contributed by atoms with Crippen LogP contribution in [0.4, 0.5) is 0 Å². The first-order valence-electron chi connectivity index (χ1n) is 3.79. The summed E-state index contributed by atoms with van der Waals surface area (Å²) in [6.07, 6.45) is 1.09. The summed E-state index contributed by atoms with van der Waals surface area (Å²) in [5.41, 5.74) is 0.389. The highest BCUT2D eigenvalue weighted by atomic mass is 79.9. The van der Waals surface area contributed by atoms with Gasteiger partial charge in [0.05, 0.1) is 10.2 Å². The zero-order chi connectivity index (χ0) is 11.8. The standard InChI is InChI=1S/C8H8Br2O4S/c1-15(13,14)3-4-2-5(11)8(12)7(10)6(4)9/h2,11-12H,3H2,1H3. The molecule has 0 saturated carbocycles. The van der Waals surface area contributed by atoms with Gasteiger partial charge >= 0.3 is 0 Å². The van der Waals surface area contributed by atoms with Crippen LogP contribution < -0.4 is 0 Å². The number of phenolic OH excluding ortho intramolecular Hbond substituents is 2. The molecule has 0 aliphatic carbocycles. The molecule has 15 heavy (non-hydrogen) atoms. The molecular weight excluding hydrogens is 352 g/mol. The van der Waals surface area contributed by atoms with E-state index in [1.165, 1.54) is 6.07 Å². The first-order valence-corrected chi connectivity index (χ1v) is 7.43. The van der Waals surface area contributed by atoms with Crippen molar-refractivity contribution >= 4 is 41.7 Å². The fourth-order valence-corrected chi connectivity index (χ4v) is 2.92. The van der Waals surface area contributed by atoms with Crippen molar-refractivity contribution in [3.05, 3.63) is 20.6 Å². The topological polar surface area (TPSA) is 74.6 Å². The number of aromatic hydroxyl groups is 2. The molecule has 7 heteroatoms. The minimum Gasteiger partial charge on any atom is -0.504 e. The average molecular weight is 360 g/mol. The van der Waals surface area contributed by atoms with Crippen LogP contribution in [0.25, 0.3) is 0 Å². The Kier molecular flexibility index (Phi) is 3.67. The van der Waals surface area contributed by atoms with E-state index in [1.807, 2.05) is 0 Å². The van der Waals surface area contributed by atoms with Crippen molar-refractivity contribution in [3.8, 4) is 11.5 Å². The van der Waals surface area contributed by atoms with Crippen LogP contribution in [0, 0.1) is 0 Å². The Hall–Kier alpha value is -0.270. The van der Waals surface area contributed by atoms with E-state index in [1.54, 1.807) is 0 Å². The molecule has 0 atom stereocenters. The molecule has 0 heterocycles. The molecule has 0 amide bonds. The molecule has 0 spiro atoms. The first kappa shape index (κ1) is 12.8. The van der Waals surface area contributed by atoms with E-state index in [0.717, 1.165) is 6.26 Å². The zero-order valence-electron chi connectivity index (χ0n) is 7.66. The minimum absolute atomic E-state index is 0.208. The molecule has 0 aliphatic rings. The van der Waals surface area contributed by atoms with E-state index in [0.29, 0.717) is 10.0 Å². The van der Waals surface area contributed by atoms with Gasteiger partial charge < -0.3 is 10.2 Å². The van der Waals surface area contributed by atoms with E-state index in [4.69, 9.17) is 0 Å². The number of halogens is 2. The van der Waals surface area contributed by atoms with E-state index in [2.05, 4.69) is 31.9 Å². The van der Waals surface area contributed by atoms with Gasteiger partial charge in [0.15, 0.2) is 21.3 Å². The highest BCUT2D eigenvalue weighted by Crippen LogP contribution is 2.41. The van der Waals surface area contributed by atoms with Gasteiger partial charge in [-0.3, -0.25) is 0 Å². The van der Waals surface area contributed by atoms with E-state index < -0.39 is 9.84 Å². The molecule has 0 aliphatic heterocycles. The van der Waals surface area contributed by atoms with Crippen molar-refractivity contribution < 1.29 is 18.6 Å². The number of sulfone groups is 1. The highest BCUT2D eigenvalue weighted by molar-refractivity contribution is 9.13. The molecule has 4 nitrogen and oxygen atoms in total. The Morgan fingerprint density at radius 1 is 1.27 bits per heavy atom. The van der Waals surface area contributed by atoms with Crippen molar-refractivity contribution in [3.63, 3.8) is 0 Å². The van der Waals surface area contributed by atoms with Gasteiger partial charge in [0, 0.05) is 10.7 Å². The average Bonchev–Trinajstić information content (AvgIpc) is 2.08. The number of benzene rings is 1. The van der Waals surface area contributed by atoms with Gasteiger partial charge in [-0.25, -0.2) is 8.42 Å². The van der Waals surface area contributed by atoms with Crippen LogP contribution >= 0.6 is 31.9 Å². The lowest BCUT2D eigenvalue weighted by Gasteiger charge is -2.08. The van der Waals surface area contributed by atoms with Crippen molar-refractivity contribution in [2.75, 3.05) is 6.26 Å². The second kappa shape index (κ2) is 4.31. The second-order valence-electron chi connectivity index (χ2n) is 3.10. The number of rotatable bonds is 2. The molecule has 1 rings (SSSR count). The third kappa shape index (κ3) is 3.09. The van der Waals surface area contributed by atoms with E-state index >= 15 is 0 Å². The lowest BCUT2D eigenvalue weighted by molar-refractivity contribution is 0.400. The summed E-state index contributed by atoms with van der Waals surface area (Å²) in [5, 5.41) is 18.6. The van der Waals surface area contributed by atoms with Crippen LogP contribution in [0.1, 0.15) is 5.56 Å². The molecule has 2 N–H and O–H groups in total. The van der Waals surface area contributed by atoms with Gasteiger partial charge in [-0.1, -0.05) is 0 Å². The lowest BCUT2D eigenvalue weighted by atomic mass is 10.2. The van der Waals surface area contributed by atoms with Crippen molar-refractivity contribution in [2.45, 2.75) is 5.75 Å². The van der Waals surface area contributed by atoms with Crippen molar-refractivity contribution in [2.24, 2.45) is 0 Å². The highest BCUT2D eigenvalue weighted by Gasteiger charge is 2.16. The van der Waals surface area contributed by atoms with Gasteiger partial charge in [-0.2, -0.15) is 0 Å². The molecule has 0 aromatic heterocycles. The summed E-state index contributed by atoms with van der Waals surface area (Å²) >= 11 is 6.17. The molecular formula is C8H8Br2O4S.